The second kappa shape index (κ2) is 10.2. The molecule has 1 atom stereocenters. The van der Waals surface area contributed by atoms with E-state index in [9.17, 15) is 9.59 Å². The third-order valence-corrected chi connectivity index (χ3v) is 7.67. The Bertz CT molecular complexity index is 1020. The first-order valence-corrected chi connectivity index (χ1v) is 12.7. The number of carbonyl (C=O) groups is 1. The summed E-state index contributed by atoms with van der Waals surface area (Å²) in [6.07, 6.45) is 14.2. The molecule has 1 saturated carbocycles. The Labute approximate surface area is 195 Å². The molecule has 1 aliphatic carbocycles. The number of rotatable bonds is 6. The van der Waals surface area contributed by atoms with Gasteiger partial charge in [0.1, 0.15) is 5.82 Å². The molecule has 1 unspecified atom stereocenters. The van der Waals surface area contributed by atoms with Crippen LogP contribution in [0.4, 0.5) is 0 Å². The predicted octanol–water partition coefficient (Wildman–Crippen LogP) is 3.75. The van der Waals surface area contributed by atoms with Crippen molar-refractivity contribution in [1.29, 1.82) is 0 Å². The van der Waals surface area contributed by atoms with Gasteiger partial charge < -0.3 is 9.88 Å². The summed E-state index contributed by atoms with van der Waals surface area (Å²) < 4.78 is 0. The number of carbonyl (C=O) groups excluding carboxylic acids is 1. The maximum atomic E-state index is 13.1. The van der Waals surface area contributed by atoms with Gasteiger partial charge in [-0.1, -0.05) is 31.7 Å². The highest BCUT2D eigenvalue weighted by atomic mass is 16.2. The normalized spacial score (nSPS) is 21.8. The number of nitrogens with one attached hydrogen (secondary N) is 1. The molecule has 4 heterocycles. The van der Waals surface area contributed by atoms with Gasteiger partial charge in [-0.15, -0.1) is 0 Å². The number of aromatic amines is 1. The number of amides is 1. The standard InChI is InChI=1S/C26H35N5O2/c32-24(11-10-19-6-1-2-7-19)31-14-4-3-9-23(31)25-28-22-12-15-30(18-21(22)26(33)29-25)17-20-8-5-13-27-16-20/h5,8,13,16,19,23H,1-4,6-7,9-12,14-15,17-18H2,(H,28,29,33). The lowest BCUT2D eigenvalue weighted by molar-refractivity contribution is -0.135. The van der Waals surface area contributed by atoms with Gasteiger partial charge >= 0.3 is 0 Å². The van der Waals surface area contributed by atoms with E-state index in [4.69, 9.17) is 4.98 Å². The lowest BCUT2D eigenvalue weighted by Crippen LogP contribution is -2.41. The summed E-state index contributed by atoms with van der Waals surface area (Å²) in [4.78, 5) is 42.6. The molecule has 2 aliphatic heterocycles. The van der Waals surface area contributed by atoms with Crippen molar-refractivity contribution in [2.45, 2.75) is 83.3 Å². The number of likely N-dealkylation sites (tertiary alicyclic amines) is 1. The minimum atomic E-state index is -0.0961. The number of piperidine rings is 1. The summed E-state index contributed by atoms with van der Waals surface area (Å²) in [6.45, 7) is 3.02. The highest BCUT2D eigenvalue weighted by molar-refractivity contribution is 5.76. The first kappa shape index (κ1) is 22.3. The minimum Gasteiger partial charge on any atom is -0.333 e. The first-order chi connectivity index (χ1) is 16.2. The molecule has 2 aromatic rings. The highest BCUT2D eigenvalue weighted by Gasteiger charge is 2.31. The Hall–Kier alpha value is -2.54. The number of fused-ring (bicyclic) bond motifs is 1. The monoisotopic (exact) mass is 449 g/mol. The van der Waals surface area contributed by atoms with E-state index in [0.717, 1.165) is 68.6 Å². The van der Waals surface area contributed by atoms with Crippen molar-refractivity contribution in [2.75, 3.05) is 13.1 Å². The highest BCUT2D eigenvalue weighted by Crippen LogP contribution is 2.32. The van der Waals surface area contributed by atoms with E-state index in [-0.39, 0.29) is 17.5 Å². The van der Waals surface area contributed by atoms with Crippen molar-refractivity contribution in [3.05, 3.63) is 57.5 Å². The van der Waals surface area contributed by atoms with E-state index < -0.39 is 0 Å². The Morgan fingerprint density at radius 2 is 1.97 bits per heavy atom. The van der Waals surface area contributed by atoms with Crippen LogP contribution in [-0.2, 0) is 24.3 Å². The van der Waals surface area contributed by atoms with Crippen LogP contribution in [0, 0.1) is 5.92 Å². The molecule has 1 amide bonds. The van der Waals surface area contributed by atoms with Crippen LogP contribution < -0.4 is 5.56 Å². The van der Waals surface area contributed by atoms with Gasteiger partial charge in [0.05, 0.1) is 17.3 Å². The van der Waals surface area contributed by atoms with Crippen molar-refractivity contribution in [2.24, 2.45) is 5.92 Å². The molecule has 7 heteroatoms. The van der Waals surface area contributed by atoms with Crippen molar-refractivity contribution in [3.8, 4) is 0 Å². The summed E-state index contributed by atoms with van der Waals surface area (Å²) in [5.41, 5.74) is 2.77. The summed E-state index contributed by atoms with van der Waals surface area (Å²) in [7, 11) is 0. The van der Waals surface area contributed by atoms with Gasteiger partial charge in [0.25, 0.3) is 5.56 Å². The Balaban J connectivity index is 1.29. The molecule has 0 aromatic carbocycles. The van der Waals surface area contributed by atoms with Crippen molar-refractivity contribution >= 4 is 5.91 Å². The van der Waals surface area contributed by atoms with Crippen LogP contribution >= 0.6 is 0 Å². The molecule has 2 aromatic heterocycles. The molecular weight excluding hydrogens is 414 g/mol. The fourth-order valence-corrected chi connectivity index (χ4v) is 5.83. The van der Waals surface area contributed by atoms with Crippen LogP contribution in [0.5, 0.6) is 0 Å². The molecule has 7 nitrogen and oxygen atoms in total. The second-order valence-electron chi connectivity index (χ2n) is 9.99. The van der Waals surface area contributed by atoms with Crippen LogP contribution in [0.15, 0.2) is 29.3 Å². The zero-order valence-corrected chi connectivity index (χ0v) is 19.5. The molecule has 0 spiro atoms. The number of H-pyrrole nitrogens is 1. The number of hydrogen-bond acceptors (Lipinski definition) is 5. The average molecular weight is 450 g/mol. The van der Waals surface area contributed by atoms with E-state index in [2.05, 4.69) is 20.9 Å². The van der Waals surface area contributed by atoms with Crippen LogP contribution in [0.2, 0.25) is 0 Å². The maximum absolute atomic E-state index is 13.1. The average Bonchev–Trinajstić information content (AvgIpc) is 3.37. The van der Waals surface area contributed by atoms with Gasteiger partial charge in [-0.2, -0.15) is 0 Å². The van der Waals surface area contributed by atoms with E-state index in [0.29, 0.717) is 24.7 Å². The SMILES string of the molecule is O=C(CCC1CCCC1)N1CCCCC1c1nc2c(c(=O)[nH]1)CN(Cc1cccnc1)CC2. The Morgan fingerprint density at radius 1 is 1.12 bits per heavy atom. The van der Waals surface area contributed by atoms with Crippen LogP contribution in [-0.4, -0.2) is 43.7 Å². The van der Waals surface area contributed by atoms with Crippen molar-refractivity contribution < 1.29 is 4.79 Å². The fraction of sp³-hybridized carbons (Fsp3) is 0.615. The fourth-order valence-electron chi connectivity index (χ4n) is 5.83. The van der Waals surface area contributed by atoms with Gasteiger partial charge in [0.2, 0.25) is 5.91 Å². The molecule has 1 saturated heterocycles. The molecule has 33 heavy (non-hydrogen) atoms. The zero-order valence-electron chi connectivity index (χ0n) is 19.5. The third kappa shape index (κ3) is 5.18. The Morgan fingerprint density at radius 3 is 2.79 bits per heavy atom. The third-order valence-electron chi connectivity index (χ3n) is 7.67. The lowest BCUT2D eigenvalue weighted by Gasteiger charge is -2.36. The minimum absolute atomic E-state index is 0.0465. The van der Waals surface area contributed by atoms with Crippen molar-refractivity contribution in [3.63, 3.8) is 0 Å². The second-order valence-corrected chi connectivity index (χ2v) is 9.99. The predicted molar refractivity (Wildman–Crippen MR) is 126 cm³/mol. The molecule has 2 fully saturated rings. The number of pyridine rings is 1. The van der Waals surface area contributed by atoms with Gasteiger partial charge in [-0.3, -0.25) is 19.5 Å². The van der Waals surface area contributed by atoms with Crippen LogP contribution in [0.3, 0.4) is 0 Å². The topological polar surface area (TPSA) is 82.2 Å². The number of nitrogens with zero attached hydrogens (tertiary/aromatic N) is 4. The summed E-state index contributed by atoms with van der Waals surface area (Å²) in [5, 5.41) is 0. The van der Waals surface area contributed by atoms with E-state index in [1.54, 1.807) is 6.20 Å². The molecule has 0 radical (unpaired) electrons. The summed E-state index contributed by atoms with van der Waals surface area (Å²) >= 11 is 0. The smallest absolute Gasteiger partial charge is 0.255 e. The molecular formula is C26H35N5O2. The van der Waals surface area contributed by atoms with Crippen molar-refractivity contribution in [1.82, 2.24) is 24.8 Å². The molecule has 1 N–H and O–H groups in total. The zero-order chi connectivity index (χ0) is 22.6. The van der Waals surface area contributed by atoms with Gasteiger partial charge in [-0.25, -0.2) is 4.98 Å². The quantitative estimate of drug-likeness (QED) is 0.726. The molecule has 3 aliphatic rings. The van der Waals surface area contributed by atoms with Gasteiger partial charge in [-0.05, 0) is 43.2 Å². The molecule has 5 rings (SSSR count). The van der Waals surface area contributed by atoms with Gasteiger partial charge in [0.15, 0.2) is 0 Å². The number of hydrogen-bond donors (Lipinski definition) is 1. The largest absolute Gasteiger partial charge is 0.333 e. The maximum Gasteiger partial charge on any atom is 0.255 e. The summed E-state index contributed by atoms with van der Waals surface area (Å²) in [5.74, 6) is 1.64. The molecule has 176 valence electrons. The first-order valence-electron chi connectivity index (χ1n) is 12.7. The number of aromatic nitrogens is 3. The van der Waals surface area contributed by atoms with Crippen LogP contribution in [0.25, 0.3) is 0 Å². The Kier molecular flexibility index (Phi) is 6.85. The molecule has 0 bridgehead atoms. The lowest BCUT2D eigenvalue weighted by atomic mass is 9.97. The van der Waals surface area contributed by atoms with E-state index in [1.807, 2.05) is 17.2 Å². The summed E-state index contributed by atoms with van der Waals surface area (Å²) in [6, 6.07) is 3.91. The van der Waals surface area contributed by atoms with E-state index >= 15 is 0 Å². The van der Waals surface area contributed by atoms with Gasteiger partial charge in [0, 0.05) is 51.4 Å². The van der Waals surface area contributed by atoms with E-state index in [1.165, 1.54) is 25.7 Å². The van der Waals surface area contributed by atoms with Crippen LogP contribution in [0.1, 0.15) is 86.5 Å².